The van der Waals surface area contributed by atoms with Gasteiger partial charge in [-0.15, -0.1) is 10.2 Å². The van der Waals surface area contributed by atoms with E-state index in [1.165, 1.54) is 11.8 Å². The van der Waals surface area contributed by atoms with Gasteiger partial charge in [0.1, 0.15) is 0 Å². The van der Waals surface area contributed by atoms with E-state index in [4.69, 9.17) is 0 Å². The van der Waals surface area contributed by atoms with Gasteiger partial charge in [-0.3, -0.25) is 19.1 Å². The second-order valence-corrected chi connectivity index (χ2v) is 9.23. The number of hydrogen-bond donors (Lipinski definition) is 1. The summed E-state index contributed by atoms with van der Waals surface area (Å²) in [4.78, 5) is 31.7. The Morgan fingerprint density at radius 2 is 1.86 bits per heavy atom. The summed E-state index contributed by atoms with van der Waals surface area (Å²) in [5.41, 5.74) is 3.31. The third-order valence-electron chi connectivity index (χ3n) is 5.77. The van der Waals surface area contributed by atoms with Gasteiger partial charge >= 0.3 is 0 Å². The second kappa shape index (κ2) is 10.1. The van der Waals surface area contributed by atoms with E-state index in [-0.39, 0.29) is 30.0 Å². The Morgan fingerprint density at radius 3 is 2.66 bits per heavy atom. The molecule has 0 aliphatic carbocycles. The largest absolute Gasteiger partial charge is 0.324 e. The molecule has 8 nitrogen and oxygen atoms in total. The van der Waals surface area contributed by atoms with Crippen LogP contribution in [-0.4, -0.2) is 43.4 Å². The summed E-state index contributed by atoms with van der Waals surface area (Å²) in [6.07, 6.45) is 3.71. The molecule has 0 fully saturated rings. The van der Waals surface area contributed by atoms with Crippen LogP contribution in [-0.2, 0) is 16.1 Å². The number of para-hydroxylation sites is 2. The molecule has 0 saturated heterocycles. The lowest BCUT2D eigenvalue weighted by atomic mass is 10.2. The number of nitrogens with one attached hydrogen (secondary N) is 1. The Morgan fingerprint density at radius 1 is 1.06 bits per heavy atom. The van der Waals surface area contributed by atoms with E-state index in [0.29, 0.717) is 28.9 Å². The van der Waals surface area contributed by atoms with Crippen molar-refractivity contribution in [2.45, 2.75) is 31.1 Å². The van der Waals surface area contributed by atoms with E-state index in [1.54, 1.807) is 17.3 Å². The second-order valence-electron chi connectivity index (χ2n) is 8.29. The smallest absolute Gasteiger partial charge is 0.237 e. The molecule has 0 unspecified atom stereocenters. The normalized spacial score (nSPS) is 15.3. The van der Waals surface area contributed by atoms with Gasteiger partial charge in [-0.25, -0.2) is 0 Å². The highest BCUT2D eigenvalue weighted by Gasteiger charge is 2.30. The summed E-state index contributed by atoms with van der Waals surface area (Å²) in [7, 11) is 0. The highest BCUT2D eigenvalue weighted by molar-refractivity contribution is 7.99. The van der Waals surface area contributed by atoms with Crippen molar-refractivity contribution in [2.24, 2.45) is 0 Å². The van der Waals surface area contributed by atoms with Gasteiger partial charge in [-0.1, -0.05) is 54.2 Å². The molecule has 2 amide bonds. The Balaban J connectivity index is 1.42. The third-order valence-corrected chi connectivity index (χ3v) is 6.72. The molecule has 2 aromatic carbocycles. The Kier molecular flexibility index (Phi) is 6.58. The molecule has 5 rings (SSSR count). The molecular formula is C26H24N6O2S. The van der Waals surface area contributed by atoms with Crippen LogP contribution in [0.5, 0.6) is 0 Å². The standard InChI is InChI=1S/C26H24N6O2S/c1-18-14-23(33)28-21-11-5-6-12-22(21)32(18)24(34)17-35-26-30-29-25(20-10-7-13-27-15-20)31(26)16-19-8-3-2-4-9-19/h2-13,15,18H,14,16-17H2,1H3,(H,28,33)/t18-/m0/s1. The molecule has 176 valence electrons. The van der Waals surface area contributed by atoms with Crippen molar-refractivity contribution in [1.29, 1.82) is 0 Å². The predicted molar refractivity (Wildman–Crippen MR) is 136 cm³/mol. The summed E-state index contributed by atoms with van der Waals surface area (Å²) in [5, 5.41) is 12.4. The Labute approximate surface area is 207 Å². The fraction of sp³-hybridized carbons (Fsp3) is 0.192. The van der Waals surface area contributed by atoms with Gasteiger partial charge in [0, 0.05) is 30.4 Å². The number of aromatic nitrogens is 4. The quantitative estimate of drug-likeness (QED) is 0.412. The maximum absolute atomic E-state index is 13.4. The highest BCUT2D eigenvalue weighted by atomic mass is 32.2. The molecule has 0 bridgehead atoms. The molecule has 1 aliphatic heterocycles. The van der Waals surface area contributed by atoms with Crippen LogP contribution < -0.4 is 10.2 Å². The Bertz CT molecular complexity index is 1340. The van der Waals surface area contributed by atoms with Gasteiger partial charge in [0.2, 0.25) is 11.8 Å². The van der Waals surface area contributed by atoms with Crippen molar-refractivity contribution in [3.05, 3.63) is 84.7 Å². The number of anilines is 2. The lowest BCUT2D eigenvalue weighted by Gasteiger charge is -2.27. The number of nitrogens with zero attached hydrogens (tertiary/aromatic N) is 5. The maximum Gasteiger partial charge on any atom is 0.237 e. The van der Waals surface area contributed by atoms with Crippen molar-refractivity contribution in [3.63, 3.8) is 0 Å². The highest BCUT2D eigenvalue weighted by Crippen LogP contribution is 2.32. The van der Waals surface area contributed by atoms with Crippen LogP contribution in [0.2, 0.25) is 0 Å². The first-order valence-corrected chi connectivity index (χ1v) is 12.3. The third kappa shape index (κ3) is 4.95. The first-order chi connectivity index (χ1) is 17.1. The maximum atomic E-state index is 13.4. The molecule has 0 spiro atoms. The fourth-order valence-corrected chi connectivity index (χ4v) is 4.97. The molecule has 0 radical (unpaired) electrons. The predicted octanol–water partition coefficient (Wildman–Crippen LogP) is 4.24. The van der Waals surface area contributed by atoms with E-state index in [9.17, 15) is 9.59 Å². The zero-order valence-electron chi connectivity index (χ0n) is 19.2. The molecule has 2 aromatic heterocycles. The van der Waals surface area contributed by atoms with Crippen molar-refractivity contribution in [2.75, 3.05) is 16.0 Å². The molecule has 1 aliphatic rings. The van der Waals surface area contributed by atoms with Gasteiger partial charge in [0.15, 0.2) is 11.0 Å². The summed E-state index contributed by atoms with van der Waals surface area (Å²) in [6, 6.07) is 21.0. The van der Waals surface area contributed by atoms with E-state index >= 15 is 0 Å². The Hall–Kier alpha value is -3.98. The number of pyridine rings is 1. The SMILES string of the molecule is C[C@H]1CC(=O)Nc2ccccc2N1C(=O)CSc1nnc(-c2cccnc2)n1Cc1ccccc1. The van der Waals surface area contributed by atoms with Gasteiger partial charge in [0.25, 0.3) is 0 Å². The molecule has 1 atom stereocenters. The minimum absolute atomic E-state index is 0.0939. The molecule has 9 heteroatoms. The first kappa shape index (κ1) is 22.8. The fourth-order valence-electron chi connectivity index (χ4n) is 4.18. The molecule has 0 saturated carbocycles. The summed E-state index contributed by atoms with van der Waals surface area (Å²) < 4.78 is 2.01. The van der Waals surface area contributed by atoms with Gasteiger partial charge in [-0.05, 0) is 36.8 Å². The van der Waals surface area contributed by atoms with E-state index in [0.717, 1.165) is 11.1 Å². The molecular weight excluding hydrogens is 460 g/mol. The number of thioether (sulfide) groups is 1. The average Bonchev–Trinajstić information content (AvgIpc) is 3.21. The number of benzene rings is 2. The molecule has 35 heavy (non-hydrogen) atoms. The van der Waals surface area contributed by atoms with E-state index in [1.807, 2.05) is 78.2 Å². The van der Waals surface area contributed by atoms with Crippen LogP contribution >= 0.6 is 11.8 Å². The van der Waals surface area contributed by atoms with Crippen LogP contribution in [0.4, 0.5) is 11.4 Å². The van der Waals surface area contributed by atoms with Crippen LogP contribution in [0.15, 0.2) is 84.3 Å². The molecule has 4 aromatic rings. The van der Waals surface area contributed by atoms with E-state index < -0.39 is 0 Å². The topological polar surface area (TPSA) is 93.0 Å². The number of hydrogen-bond acceptors (Lipinski definition) is 6. The van der Waals surface area contributed by atoms with Crippen molar-refractivity contribution < 1.29 is 9.59 Å². The summed E-state index contributed by atoms with van der Waals surface area (Å²) in [6.45, 7) is 2.46. The minimum Gasteiger partial charge on any atom is -0.324 e. The van der Waals surface area contributed by atoms with Gasteiger partial charge in [0.05, 0.1) is 23.7 Å². The monoisotopic (exact) mass is 484 g/mol. The van der Waals surface area contributed by atoms with Crippen molar-refractivity contribution in [3.8, 4) is 11.4 Å². The molecule has 1 N–H and O–H groups in total. The zero-order valence-corrected chi connectivity index (χ0v) is 20.0. The van der Waals surface area contributed by atoms with Crippen LogP contribution in [0, 0.1) is 0 Å². The number of rotatable bonds is 6. The number of fused-ring (bicyclic) bond motifs is 1. The summed E-state index contributed by atoms with van der Waals surface area (Å²) >= 11 is 1.34. The first-order valence-electron chi connectivity index (χ1n) is 11.3. The molecule has 3 heterocycles. The zero-order chi connectivity index (χ0) is 24.2. The van der Waals surface area contributed by atoms with Crippen LogP contribution in [0.1, 0.15) is 18.9 Å². The average molecular weight is 485 g/mol. The van der Waals surface area contributed by atoms with Crippen molar-refractivity contribution >= 4 is 35.0 Å². The van der Waals surface area contributed by atoms with Gasteiger partial charge < -0.3 is 10.2 Å². The number of carbonyl (C=O) groups excluding carboxylic acids is 2. The number of carbonyl (C=O) groups is 2. The lowest BCUT2D eigenvalue weighted by molar-refractivity contribution is -0.117. The lowest BCUT2D eigenvalue weighted by Crippen LogP contribution is -2.40. The van der Waals surface area contributed by atoms with Gasteiger partial charge in [-0.2, -0.15) is 0 Å². The van der Waals surface area contributed by atoms with E-state index in [2.05, 4.69) is 20.5 Å². The summed E-state index contributed by atoms with van der Waals surface area (Å²) in [5.74, 6) is 0.660. The van der Waals surface area contributed by atoms with Crippen molar-refractivity contribution in [1.82, 2.24) is 19.7 Å². The van der Waals surface area contributed by atoms with Crippen LogP contribution in [0.3, 0.4) is 0 Å². The minimum atomic E-state index is -0.264. The number of amides is 2. The van der Waals surface area contributed by atoms with Crippen LogP contribution in [0.25, 0.3) is 11.4 Å².